The van der Waals surface area contributed by atoms with Crippen molar-refractivity contribution in [3.63, 3.8) is 0 Å². The van der Waals surface area contributed by atoms with Crippen molar-refractivity contribution in [3.8, 4) is 0 Å². The largest absolute Gasteiger partial charge is 0.384 e. The summed E-state index contributed by atoms with van der Waals surface area (Å²) in [6.07, 6.45) is 5.80. The van der Waals surface area contributed by atoms with Gasteiger partial charge in [-0.1, -0.05) is 55.5 Å². The number of pyridine rings is 1. The summed E-state index contributed by atoms with van der Waals surface area (Å²) in [5.41, 5.74) is 12.9. The zero-order valence-electron chi connectivity index (χ0n) is 14.8. The molecule has 0 fully saturated rings. The van der Waals surface area contributed by atoms with Gasteiger partial charge in [-0.2, -0.15) is 0 Å². The van der Waals surface area contributed by atoms with E-state index in [2.05, 4.69) is 10.3 Å². The number of hydrogen-bond donors (Lipinski definition) is 3. The van der Waals surface area contributed by atoms with Crippen molar-refractivity contribution in [2.24, 2.45) is 17.6 Å². The summed E-state index contributed by atoms with van der Waals surface area (Å²) < 4.78 is 0. The summed E-state index contributed by atoms with van der Waals surface area (Å²) in [5.74, 6) is -1.39. The molecule has 2 aromatic rings. The molecule has 0 aliphatic rings. The Balaban J connectivity index is 1.92. The molecule has 26 heavy (non-hydrogen) atoms. The van der Waals surface area contributed by atoms with E-state index < -0.39 is 17.7 Å². The maximum absolute atomic E-state index is 12.4. The molecular weight excluding hydrogens is 328 g/mol. The number of hydrogen-bond acceptors (Lipinski definition) is 4. The van der Waals surface area contributed by atoms with Gasteiger partial charge in [-0.15, -0.1) is 0 Å². The fourth-order valence-electron chi connectivity index (χ4n) is 2.55. The van der Waals surface area contributed by atoms with Gasteiger partial charge in [-0.25, -0.2) is 4.98 Å². The first kappa shape index (κ1) is 19.2. The lowest BCUT2D eigenvalue weighted by Crippen LogP contribution is -2.38. The standard InChI is InChI=1S/C20H24N4O2/c1-14(20(26)24-13-16-10-11-18(21)23-12-16)17(19(22)25)9-5-8-15-6-3-2-4-7-15/h2-8,10-12,14,17H,9,13H2,1H3,(H2,21,23)(H2,22,25)(H,24,26)/t14-,17?/m0/s1. The smallest absolute Gasteiger partial charge is 0.223 e. The molecule has 5 N–H and O–H groups in total. The Bertz CT molecular complexity index is 757. The number of nitrogens with two attached hydrogens (primary N) is 2. The Morgan fingerprint density at radius 3 is 2.54 bits per heavy atom. The average Bonchev–Trinajstić information content (AvgIpc) is 2.64. The number of benzene rings is 1. The van der Waals surface area contributed by atoms with Gasteiger partial charge in [0.1, 0.15) is 5.82 Å². The number of amides is 2. The molecule has 6 nitrogen and oxygen atoms in total. The number of carbonyl (C=O) groups excluding carboxylic acids is 2. The van der Waals surface area contributed by atoms with Gasteiger partial charge in [0.2, 0.25) is 11.8 Å². The first-order chi connectivity index (χ1) is 12.5. The third-order valence-electron chi connectivity index (χ3n) is 4.20. The molecule has 6 heteroatoms. The van der Waals surface area contributed by atoms with Crippen LogP contribution in [0.5, 0.6) is 0 Å². The van der Waals surface area contributed by atoms with Crippen LogP contribution >= 0.6 is 0 Å². The predicted molar refractivity (Wildman–Crippen MR) is 102 cm³/mol. The van der Waals surface area contributed by atoms with E-state index in [4.69, 9.17) is 11.5 Å². The Morgan fingerprint density at radius 2 is 1.92 bits per heavy atom. The summed E-state index contributed by atoms with van der Waals surface area (Å²) in [5, 5.41) is 2.81. The first-order valence-electron chi connectivity index (χ1n) is 8.46. The van der Waals surface area contributed by atoms with Gasteiger partial charge in [0.05, 0.1) is 5.92 Å². The molecule has 0 bridgehead atoms. The van der Waals surface area contributed by atoms with E-state index >= 15 is 0 Å². The number of aromatic nitrogens is 1. The molecule has 136 valence electrons. The highest BCUT2D eigenvalue weighted by Crippen LogP contribution is 2.18. The first-order valence-corrected chi connectivity index (χ1v) is 8.46. The number of carbonyl (C=O) groups is 2. The van der Waals surface area contributed by atoms with Gasteiger partial charge in [-0.3, -0.25) is 9.59 Å². The Labute approximate surface area is 153 Å². The van der Waals surface area contributed by atoms with Crippen LogP contribution in [0.15, 0.2) is 54.7 Å². The van der Waals surface area contributed by atoms with Crippen LogP contribution in [0.2, 0.25) is 0 Å². The minimum Gasteiger partial charge on any atom is -0.384 e. The van der Waals surface area contributed by atoms with Gasteiger partial charge in [-0.05, 0) is 23.6 Å². The van der Waals surface area contributed by atoms with Gasteiger partial charge in [0.15, 0.2) is 0 Å². The molecule has 2 rings (SSSR count). The van der Waals surface area contributed by atoms with Crippen LogP contribution in [0.1, 0.15) is 24.5 Å². The summed E-state index contributed by atoms with van der Waals surface area (Å²) in [6.45, 7) is 2.03. The lowest BCUT2D eigenvalue weighted by molar-refractivity contribution is -0.132. The van der Waals surface area contributed by atoms with Gasteiger partial charge in [0, 0.05) is 18.7 Å². The molecule has 0 spiro atoms. The molecule has 1 unspecified atom stereocenters. The average molecular weight is 352 g/mol. The molecule has 0 aliphatic heterocycles. The lowest BCUT2D eigenvalue weighted by Gasteiger charge is -2.19. The number of rotatable bonds is 8. The number of primary amides is 1. The highest BCUT2D eigenvalue weighted by molar-refractivity contribution is 5.86. The molecule has 2 amide bonds. The molecule has 0 saturated heterocycles. The minimum atomic E-state index is -0.570. The molecule has 0 saturated carbocycles. The monoisotopic (exact) mass is 352 g/mol. The van der Waals surface area contributed by atoms with Gasteiger partial charge in [0.25, 0.3) is 0 Å². The second kappa shape index (κ2) is 9.36. The van der Waals surface area contributed by atoms with Crippen molar-refractivity contribution in [1.82, 2.24) is 10.3 Å². The Morgan fingerprint density at radius 1 is 1.19 bits per heavy atom. The fraction of sp³-hybridized carbons (Fsp3) is 0.250. The maximum atomic E-state index is 12.4. The van der Waals surface area contributed by atoms with E-state index in [1.807, 2.05) is 42.5 Å². The second-order valence-electron chi connectivity index (χ2n) is 6.16. The quantitative estimate of drug-likeness (QED) is 0.675. The molecule has 0 radical (unpaired) electrons. The summed E-state index contributed by atoms with van der Waals surface area (Å²) in [6, 6.07) is 13.2. The van der Waals surface area contributed by atoms with Crippen LogP contribution in [0.4, 0.5) is 5.82 Å². The maximum Gasteiger partial charge on any atom is 0.223 e. The molecule has 1 aromatic carbocycles. The van der Waals surface area contributed by atoms with Crippen molar-refractivity contribution in [2.45, 2.75) is 19.9 Å². The van der Waals surface area contributed by atoms with E-state index in [0.29, 0.717) is 18.8 Å². The highest BCUT2D eigenvalue weighted by atomic mass is 16.2. The van der Waals surface area contributed by atoms with Crippen molar-refractivity contribution in [2.75, 3.05) is 5.73 Å². The lowest BCUT2D eigenvalue weighted by atomic mass is 9.89. The van der Waals surface area contributed by atoms with Crippen LogP contribution in [0, 0.1) is 11.8 Å². The second-order valence-corrected chi connectivity index (χ2v) is 6.16. The molecule has 1 heterocycles. The van der Waals surface area contributed by atoms with Crippen LogP contribution < -0.4 is 16.8 Å². The Kier molecular flexibility index (Phi) is 6.91. The van der Waals surface area contributed by atoms with E-state index in [9.17, 15) is 9.59 Å². The number of nitrogens with zero attached hydrogens (tertiary/aromatic N) is 1. The van der Waals surface area contributed by atoms with Crippen molar-refractivity contribution < 1.29 is 9.59 Å². The molecule has 1 aromatic heterocycles. The fourth-order valence-corrected chi connectivity index (χ4v) is 2.55. The Hall–Kier alpha value is -3.15. The summed E-state index contributed by atoms with van der Waals surface area (Å²) >= 11 is 0. The summed E-state index contributed by atoms with van der Waals surface area (Å²) in [4.78, 5) is 28.1. The van der Waals surface area contributed by atoms with Crippen molar-refractivity contribution >= 4 is 23.7 Å². The molecular formula is C20H24N4O2. The van der Waals surface area contributed by atoms with Gasteiger partial charge < -0.3 is 16.8 Å². The normalized spacial score (nSPS) is 13.3. The van der Waals surface area contributed by atoms with Crippen molar-refractivity contribution in [3.05, 3.63) is 65.9 Å². The number of anilines is 1. The third kappa shape index (κ3) is 5.73. The van der Waals surface area contributed by atoms with E-state index in [-0.39, 0.29) is 5.91 Å². The van der Waals surface area contributed by atoms with Gasteiger partial charge >= 0.3 is 0 Å². The minimum absolute atomic E-state index is 0.223. The summed E-state index contributed by atoms with van der Waals surface area (Å²) in [7, 11) is 0. The zero-order chi connectivity index (χ0) is 18.9. The number of nitrogen functional groups attached to an aromatic ring is 1. The van der Waals surface area contributed by atoms with Crippen LogP contribution in [-0.4, -0.2) is 16.8 Å². The number of allylic oxidation sites excluding steroid dienone is 1. The van der Waals surface area contributed by atoms with E-state index in [0.717, 1.165) is 11.1 Å². The van der Waals surface area contributed by atoms with Crippen LogP contribution in [0.25, 0.3) is 6.08 Å². The number of nitrogens with one attached hydrogen (secondary N) is 1. The van der Waals surface area contributed by atoms with Crippen LogP contribution in [-0.2, 0) is 16.1 Å². The molecule has 0 aliphatic carbocycles. The molecule has 2 atom stereocenters. The SMILES string of the molecule is C[C@H](C(=O)NCc1ccc(N)nc1)C(CC=Cc1ccccc1)C(N)=O. The third-order valence-corrected chi connectivity index (χ3v) is 4.20. The highest BCUT2D eigenvalue weighted by Gasteiger charge is 2.27. The van der Waals surface area contributed by atoms with Crippen molar-refractivity contribution in [1.29, 1.82) is 0 Å². The predicted octanol–water partition coefficient (Wildman–Crippen LogP) is 2.12. The topological polar surface area (TPSA) is 111 Å². The van der Waals surface area contributed by atoms with Crippen LogP contribution in [0.3, 0.4) is 0 Å². The van der Waals surface area contributed by atoms with E-state index in [1.54, 1.807) is 25.3 Å². The van der Waals surface area contributed by atoms with E-state index in [1.165, 1.54) is 0 Å². The zero-order valence-corrected chi connectivity index (χ0v) is 14.8.